The van der Waals surface area contributed by atoms with Gasteiger partial charge in [-0.3, -0.25) is 4.98 Å². The van der Waals surface area contributed by atoms with Crippen molar-refractivity contribution in [2.75, 3.05) is 0 Å². The fourth-order valence-electron chi connectivity index (χ4n) is 3.54. The Morgan fingerprint density at radius 3 is 2.23 bits per heavy atom. The first kappa shape index (κ1) is 21.6. The van der Waals surface area contributed by atoms with Crippen molar-refractivity contribution in [3.05, 3.63) is 108 Å². The largest absolute Gasteiger partial charge is 2.00 e. The molecule has 0 aliphatic heterocycles. The van der Waals surface area contributed by atoms with Crippen molar-refractivity contribution in [3.63, 3.8) is 0 Å². The number of hydrogen-bond donors (Lipinski definition) is 0. The molecule has 0 amide bonds. The first-order chi connectivity index (χ1) is 14.6. The molecule has 5 aromatic rings. The number of rotatable bonds is 4. The molecule has 2 nitrogen and oxygen atoms in total. The molecule has 5 rings (SSSR count). The second kappa shape index (κ2) is 8.86. The number of para-hydroxylation sites is 1. The van der Waals surface area contributed by atoms with E-state index in [1.54, 1.807) is 11.3 Å². The van der Waals surface area contributed by atoms with E-state index < -0.39 is 0 Å². The van der Waals surface area contributed by atoms with Crippen LogP contribution in [-0.4, -0.2) is 9.97 Å². The Bertz CT molecular complexity index is 1290. The molecule has 2 aromatic heterocycles. The summed E-state index contributed by atoms with van der Waals surface area (Å²) in [6.45, 7) is 4.43. The summed E-state index contributed by atoms with van der Waals surface area (Å²) in [7, 11) is 0. The zero-order valence-electron chi connectivity index (χ0n) is 17.2. The average molecular weight is 600 g/mol. The molecule has 0 atom stereocenters. The van der Waals surface area contributed by atoms with Crippen LogP contribution < -0.4 is 0 Å². The molecule has 0 bridgehead atoms. The van der Waals surface area contributed by atoms with Gasteiger partial charge in [0.25, 0.3) is 0 Å². The van der Waals surface area contributed by atoms with Crippen molar-refractivity contribution in [2.45, 2.75) is 19.3 Å². The molecule has 3 aromatic carbocycles. The van der Waals surface area contributed by atoms with Crippen LogP contribution in [0.15, 0.2) is 85.1 Å². The van der Waals surface area contributed by atoms with Crippen LogP contribution in [0.25, 0.3) is 32.6 Å². The van der Waals surface area contributed by atoms with Gasteiger partial charge in [0.05, 0.1) is 10.2 Å². The fraction of sp³-hybridized carbons (Fsp3) is 0.111. The van der Waals surface area contributed by atoms with Gasteiger partial charge in [0.15, 0.2) is 0 Å². The van der Waals surface area contributed by atoms with E-state index in [1.807, 2.05) is 36.5 Å². The van der Waals surface area contributed by atoms with Gasteiger partial charge in [0.1, 0.15) is 5.01 Å². The van der Waals surface area contributed by atoms with E-state index in [0.29, 0.717) is 0 Å². The maximum atomic E-state index is 4.90. The molecule has 2 heterocycles. The third-order valence-corrected chi connectivity index (χ3v) is 6.68. The Labute approximate surface area is 201 Å². The van der Waals surface area contributed by atoms with Crippen molar-refractivity contribution >= 4 is 21.6 Å². The summed E-state index contributed by atoms with van der Waals surface area (Å²) in [6.07, 6.45) is 1.81. The molecule has 4 heteroatoms. The molecule has 0 aliphatic rings. The van der Waals surface area contributed by atoms with E-state index in [0.717, 1.165) is 38.5 Å². The van der Waals surface area contributed by atoms with Crippen LogP contribution in [0.1, 0.15) is 24.4 Å². The van der Waals surface area contributed by atoms with Crippen LogP contribution >= 0.6 is 11.3 Å². The molecule has 0 radical (unpaired) electrons. The van der Waals surface area contributed by atoms with Crippen LogP contribution in [0.5, 0.6) is 0 Å². The minimum Gasteiger partial charge on any atom is -0.295 e. The second-order valence-corrected chi connectivity index (χ2v) is 8.81. The predicted molar refractivity (Wildman–Crippen MR) is 125 cm³/mol. The zero-order chi connectivity index (χ0) is 20.6. The van der Waals surface area contributed by atoms with Gasteiger partial charge in [-0.2, -0.15) is 35.9 Å². The van der Waals surface area contributed by atoms with Crippen LogP contribution in [0.2, 0.25) is 0 Å². The summed E-state index contributed by atoms with van der Waals surface area (Å²) in [5.74, 6) is 0. The van der Waals surface area contributed by atoms with E-state index in [-0.39, 0.29) is 26.5 Å². The Hall–Kier alpha value is -2.61. The molecule has 0 saturated heterocycles. The molecular weight excluding hydrogens is 579 g/mol. The zero-order valence-corrected chi connectivity index (χ0v) is 20.3. The summed E-state index contributed by atoms with van der Waals surface area (Å²) >= 11 is 1.75. The standard InChI is InChI=1S/C27H20N2S.Pt/c1-27(2,26-29-24-14-3-4-15-25(24)30-26)22-12-8-10-20(18-22)19-9-7-11-21(17-19)23-13-5-6-16-28-23;/h3-16H,1-2H3;/q-2;+2. The normalized spacial score (nSPS) is 11.3. The van der Waals surface area contributed by atoms with Crippen LogP contribution in [0, 0.1) is 12.1 Å². The molecule has 154 valence electrons. The third-order valence-electron chi connectivity index (χ3n) is 5.32. The molecular formula is C27H20N2PtS. The first-order valence-electron chi connectivity index (χ1n) is 9.94. The van der Waals surface area contributed by atoms with Gasteiger partial charge < -0.3 is 0 Å². The van der Waals surface area contributed by atoms with Gasteiger partial charge in [-0.05, 0) is 18.2 Å². The number of aromatic nitrogens is 2. The van der Waals surface area contributed by atoms with E-state index in [2.05, 4.69) is 79.5 Å². The van der Waals surface area contributed by atoms with Crippen molar-refractivity contribution in [2.24, 2.45) is 0 Å². The average Bonchev–Trinajstić information content (AvgIpc) is 3.25. The Morgan fingerprint density at radius 1 is 0.742 bits per heavy atom. The van der Waals surface area contributed by atoms with Crippen molar-refractivity contribution < 1.29 is 21.1 Å². The van der Waals surface area contributed by atoms with Gasteiger partial charge in [-0.1, -0.05) is 38.1 Å². The summed E-state index contributed by atoms with van der Waals surface area (Å²) in [5, 5.41) is 1.10. The topological polar surface area (TPSA) is 25.8 Å². The summed E-state index contributed by atoms with van der Waals surface area (Å²) in [5.41, 5.74) is 5.88. The third kappa shape index (κ3) is 4.26. The number of fused-ring (bicyclic) bond motifs is 1. The number of hydrogen-bond acceptors (Lipinski definition) is 3. The number of benzene rings is 3. The molecule has 0 spiro atoms. The van der Waals surface area contributed by atoms with Gasteiger partial charge >= 0.3 is 21.1 Å². The molecule has 0 aliphatic carbocycles. The second-order valence-electron chi connectivity index (χ2n) is 7.78. The Morgan fingerprint density at radius 2 is 1.45 bits per heavy atom. The van der Waals surface area contributed by atoms with Gasteiger partial charge in [0, 0.05) is 17.3 Å². The van der Waals surface area contributed by atoms with Crippen LogP contribution in [-0.2, 0) is 26.5 Å². The maximum Gasteiger partial charge on any atom is 2.00 e. The fourth-order valence-corrected chi connectivity index (χ4v) is 4.63. The number of nitrogens with zero attached hydrogens (tertiary/aromatic N) is 2. The molecule has 0 fully saturated rings. The predicted octanol–water partition coefficient (Wildman–Crippen LogP) is 6.95. The first-order valence-corrected chi connectivity index (χ1v) is 10.8. The van der Waals surface area contributed by atoms with E-state index in [4.69, 9.17) is 4.98 Å². The SMILES string of the molecule is CC(C)(c1[c-]c(-c2[c-]c(-c3ccccn3)ccc2)ccc1)c1nc2ccccc2s1.[Pt+2]. The van der Waals surface area contributed by atoms with E-state index in [9.17, 15) is 0 Å². The van der Waals surface area contributed by atoms with Gasteiger partial charge in [0.2, 0.25) is 0 Å². The van der Waals surface area contributed by atoms with Crippen LogP contribution in [0.4, 0.5) is 0 Å². The van der Waals surface area contributed by atoms with E-state index >= 15 is 0 Å². The molecule has 0 N–H and O–H groups in total. The summed E-state index contributed by atoms with van der Waals surface area (Å²) in [6, 6.07) is 33.9. The number of thiazole rings is 1. The number of pyridine rings is 1. The minimum absolute atomic E-state index is 0. The van der Waals surface area contributed by atoms with Crippen molar-refractivity contribution in [1.82, 2.24) is 9.97 Å². The van der Waals surface area contributed by atoms with Gasteiger partial charge in [-0.15, -0.1) is 40.7 Å². The quantitative estimate of drug-likeness (QED) is 0.209. The molecule has 31 heavy (non-hydrogen) atoms. The summed E-state index contributed by atoms with van der Waals surface area (Å²) in [4.78, 5) is 9.35. The van der Waals surface area contributed by atoms with Crippen molar-refractivity contribution in [3.8, 4) is 22.4 Å². The Balaban J connectivity index is 0.00000231. The van der Waals surface area contributed by atoms with Gasteiger partial charge in [-0.25, -0.2) is 10.5 Å². The van der Waals surface area contributed by atoms with Crippen LogP contribution in [0.3, 0.4) is 0 Å². The maximum absolute atomic E-state index is 4.90. The van der Waals surface area contributed by atoms with Crippen molar-refractivity contribution in [1.29, 1.82) is 0 Å². The summed E-state index contributed by atoms with van der Waals surface area (Å²) < 4.78 is 1.22. The molecule has 0 saturated carbocycles. The smallest absolute Gasteiger partial charge is 0.295 e. The monoisotopic (exact) mass is 599 g/mol. The molecule has 0 unspecified atom stereocenters. The Kier molecular flexibility index (Phi) is 6.18. The minimum atomic E-state index is -0.238. The van der Waals surface area contributed by atoms with E-state index in [1.165, 1.54) is 4.70 Å².